The van der Waals surface area contributed by atoms with Crippen molar-refractivity contribution in [2.24, 2.45) is 0 Å². The van der Waals surface area contributed by atoms with Crippen LogP contribution in [0.1, 0.15) is 37.3 Å². The minimum absolute atomic E-state index is 0.221. The number of nitrogen functional groups attached to an aromatic ring is 1. The fraction of sp³-hybridized carbons (Fsp3) is 0.538. The number of nitrogens with one attached hydrogen (secondary N) is 1. The Hall–Kier alpha value is -1.07. The van der Waals surface area contributed by atoms with Crippen LogP contribution in [-0.4, -0.2) is 15.0 Å². The molecule has 18 heavy (non-hydrogen) atoms. The lowest BCUT2D eigenvalue weighted by atomic mass is 10.1. The molecule has 0 heterocycles. The van der Waals surface area contributed by atoms with Crippen LogP contribution < -0.4 is 10.5 Å². The Morgan fingerprint density at radius 3 is 2.50 bits per heavy atom. The average Bonchev–Trinajstić information content (AvgIpc) is 2.30. The molecule has 102 valence electrons. The maximum atomic E-state index is 12.2. The molecule has 3 N–H and O–H groups in total. The van der Waals surface area contributed by atoms with Gasteiger partial charge in [0.05, 0.1) is 5.69 Å². The van der Waals surface area contributed by atoms with Gasteiger partial charge in [-0.05, 0) is 37.5 Å². The largest absolute Gasteiger partial charge is 0.398 e. The summed E-state index contributed by atoms with van der Waals surface area (Å²) >= 11 is 0. The molecule has 0 unspecified atom stereocenters. The van der Waals surface area contributed by atoms with E-state index < -0.39 is 10.0 Å². The van der Waals surface area contributed by atoms with E-state index in [1.165, 1.54) is 0 Å². The van der Waals surface area contributed by atoms with Crippen molar-refractivity contribution in [1.82, 2.24) is 4.72 Å². The fourth-order valence-corrected chi connectivity index (χ4v) is 3.32. The molecule has 1 aromatic rings. The van der Waals surface area contributed by atoms with Crippen molar-refractivity contribution in [2.75, 3.05) is 12.3 Å². The van der Waals surface area contributed by atoms with E-state index in [9.17, 15) is 8.42 Å². The standard InChI is InChI=1S/C13H22N2O2S/c1-4-5-6-9-15-18(16,17)13-11(3)10(2)7-8-12(13)14/h7-8,15H,4-6,9,14H2,1-3H3. The van der Waals surface area contributed by atoms with Gasteiger partial charge in [-0.25, -0.2) is 13.1 Å². The molecule has 0 radical (unpaired) electrons. The summed E-state index contributed by atoms with van der Waals surface area (Å²) in [5.41, 5.74) is 7.74. The quantitative estimate of drug-likeness (QED) is 0.615. The summed E-state index contributed by atoms with van der Waals surface area (Å²) in [6.07, 6.45) is 2.93. The maximum Gasteiger partial charge on any atom is 0.242 e. The van der Waals surface area contributed by atoms with Crippen molar-refractivity contribution in [3.8, 4) is 0 Å². The SMILES string of the molecule is CCCCCNS(=O)(=O)c1c(N)ccc(C)c1C. The highest BCUT2D eigenvalue weighted by molar-refractivity contribution is 7.89. The zero-order valence-electron chi connectivity index (χ0n) is 11.3. The number of hydrogen-bond acceptors (Lipinski definition) is 3. The predicted molar refractivity (Wildman–Crippen MR) is 75.0 cm³/mol. The number of rotatable bonds is 6. The van der Waals surface area contributed by atoms with Gasteiger partial charge in [0.15, 0.2) is 0 Å². The van der Waals surface area contributed by atoms with Crippen LogP contribution in [0.25, 0.3) is 0 Å². The van der Waals surface area contributed by atoms with Crippen LogP contribution in [0.4, 0.5) is 5.69 Å². The smallest absolute Gasteiger partial charge is 0.242 e. The number of unbranched alkanes of at least 4 members (excludes halogenated alkanes) is 2. The number of nitrogens with two attached hydrogens (primary N) is 1. The minimum Gasteiger partial charge on any atom is -0.398 e. The number of anilines is 1. The molecule has 0 aromatic heterocycles. The van der Waals surface area contributed by atoms with Gasteiger partial charge in [-0.3, -0.25) is 0 Å². The second-order valence-corrected chi connectivity index (χ2v) is 6.23. The zero-order chi connectivity index (χ0) is 13.8. The van der Waals surface area contributed by atoms with Gasteiger partial charge >= 0.3 is 0 Å². The van der Waals surface area contributed by atoms with Crippen LogP contribution in [0.15, 0.2) is 17.0 Å². The van der Waals surface area contributed by atoms with Crippen molar-refractivity contribution >= 4 is 15.7 Å². The first-order valence-electron chi connectivity index (χ1n) is 6.25. The zero-order valence-corrected chi connectivity index (χ0v) is 12.1. The first-order chi connectivity index (χ1) is 8.40. The molecule has 4 nitrogen and oxygen atoms in total. The Kier molecular flexibility index (Phi) is 5.16. The Balaban J connectivity index is 2.95. The van der Waals surface area contributed by atoms with Crippen LogP contribution in [0.3, 0.4) is 0 Å². The van der Waals surface area contributed by atoms with Gasteiger partial charge < -0.3 is 5.73 Å². The molecule has 0 aliphatic rings. The lowest BCUT2D eigenvalue weighted by Gasteiger charge is -2.13. The highest BCUT2D eigenvalue weighted by Crippen LogP contribution is 2.24. The van der Waals surface area contributed by atoms with Gasteiger partial charge in [-0.15, -0.1) is 0 Å². The van der Waals surface area contributed by atoms with Gasteiger partial charge in [-0.1, -0.05) is 25.8 Å². The molecule has 0 bridgehead atoms. The van der Waals surface area contributed by atoms with Crippen molar-refractivity contribution in [1.29, 1.82) is 0 Å². The lowest BCUT2D eigenvalue weighted by molar-refractivity contribution is 0.575. The van der Waals surface area contributed by atoms with Crippen LogP contribution >= 0.6 is 0 Å². The molecule has 0 saturated carbocycles. The van der Waals surface area contributed by atoms with E-state index >= 15 is 0 Å². The molecule has 0 atom stereocenters. The first-order valence-corrected chi connectivity index (χ1v) is 7.73. The number of hydrogen-bond donors (Lipinski definition) is 2. The molecule has 1 rings (SSSR count). The highest BCUT2D eigenvalue weighted by Gasteiger charge is 2.20. The molecular formula is C13H22N2O2S. The topological polar surface area (TPSA) is 72.2 Å². The molecule has 0 aliphatic heterocycles. The molecule has 0 fully saturated rings. The van der Waals surface area contributed by atoms with Crippen molar-refractivity contribution in [2.45, 2.75) is 44.9 Å². The van der Waals surface area contributed by atoms with Crippen molar-refractivity contribution in [3.63, 3.8) is 0 Å². The molecule has 0 spiro atoms. The van der Waals surface area contributed by atoms with E-state index in [1.807, 2.05) is 13.0 Å². The van der Waals surface area contributed by atoms with E-state index in [0.717, 1.165) is 30.4 Å². The van der Waals surface area contributed by atoms with E-state index in [2.05, 4.69) is 11.6 Å². The second kappa shape index (κ2) is 6.20. The molecular weight excluding hydrogens is 248 g/mol. The monoisotopic (exact) mass is 270 g/mol. The lowest BCUT2D eigenvalue weighted by Crippen LogP contribution is -2.26. The normalized spacial score (nSPS) is 11.7. The molecule has 0 saturated heterocycles. The Morgan fingerprint density at radius 1 is 1.22 bits per heavy atom. The summed E-state index contributed by atoms with van der Waals surface area (Å²) in [6.45, 7) is 6.21. The number of benzene rings is 1. The predicted octanol–water partition coefficient (Wildman–Crippen LogP) is 2.35. The molecule has 0 amide bonds. The maximum absolute atomic E-state index is 12.2. The molecule has 1 aromatic carbocycles. The Morgan fingerprint density at radius 2 is 1.89 bits per heavy atom. The van der Waals surface area contributed by atoms with E-state index in [0.29, 0.717) is 12.2 Å². The van der Waals surface area contributed by atoms with Gasteiger partial charge in [-0.2, -0.15) is 0 Å². The molecule has 5 heteroatoms. The number of sulfonamides is 1. The Labute approximate surface area is 110 Å². The van der Waals surface area contributed by atoms with Gasteiger partial charge in [0, 0.05) is 6.54 Å². The van der Waals surface area contributed by atoms with Crippen LogP contribution in [0.5, 0.6) is 0 Å². The average molecular weight is 270 g/mol. The first kappa shape index (κ1) is 15.0. The third-order valence-corrected chi connectivity index (χ3v) is 4.71. The van der Waals surface area contributed by atoms with Gasteiger partial charge in [0.2, 0.25) is 10.0 Å². The van der Waals surface area contributed by atoms with Crippen LogP contribution in [0, 0.1) is 13.8 Å². The summed E-state index contributed by atoms with van der Waals surface area (Å²) in [5.74, 6) is 0. The molecule has 0 aliphatic carbocycles. The second-order valence-electron chi connectivity index (χ2n) is 4.53. The third-order valence-electron chi connectivity index (χ3n) is 3.05. The summed E-state index contributed by atoms with van der Waals surface area (Å²) in [5, 5.41) is 0. The van der Waals surface area contributed by atoms with E-state index in [4.69, 9.17) is 5.73 Å². The fourth-order valence-electron chi connectivity index (χ4n) is 1.82. The van der Waals surface area contributed by atoms with Crippen molar-refractivity contribution < 1.29 is 8.42 Å². The van der Waals surface area contributed by atoms with Gasteiger partial charge in [0.1, 0.15) is 4.90 Å². The summed E-state index contributed by atoms with van der Waals surface area (Å²) in [7, 11) is -3.50. The van der Waals surface area contributed by atoms with Crippen LogP contribution in [-0.2, 0) is 10.0 Å². The Bertz CT molecular complexity index is 510. The minimum atomic E-state index is -3.50. The van der Waals surface area contributed by atoms with Gasteiger partial charge in [0.25, 0.3) is 0 Å². The number of aryl methyl sites for hydroxylation is 1. The van der Waals surface area contributed by atoms with Crippen LogP contribution in [0.2, 0.25) is 0 Å². The highest BCUT2D eigenvalue weighted by atomic mass is 32.2. The summed E-state index contributed by atoms with van der Waals surface area (Å²) in [6, 6.07) is 3.48. The summed E-state index contributed by atoms with van der Waals surface area (Å²) in [4.78, 5) is 0.221. The van der Waals surface area contributed by atoms with E-state index in [-0.39, 0.29) is 4.90 Å². The van der Waals surface area contributed by atoms with E-state index in [1.54, 1.807) is 13.0 Å². The summed E-state index contributed by atoms with van der Waals surface area (Å²) < 4.78 is 27.0. The third kappa shape index (κ3) is 3.46. The van der Waals surface area contributed by atoms with Crippen molar-refractivity contribution in [3.05, 3.63) is 23.3 Å².